The van der Waals surface area contributed by atoms with E-state index in [0.29, 0.717) is 12.1 Å². The van der Waals surface area contributed by atoms with Gasteiger partial charge in [-0.3, -0.25) is 30.3 Å². The van der Waals surface area contributed by atoms with E-state index in [4.69, 9.17) is 5.11 Å². The van der Waals surface area contributed by atoms with Crippen molar-refractivity contribution < 1.29 is 19.9 Å². The number of likely N-dealkylation sites (N-methyl/N-ethyl adjacent to an activating group) is 1. The quantitative estimate of drug-likeness (QED) is 0.490. The van der Waals surface area contributed by atoms with Crippen molar-refractivity contribution in [1.82, 2.24) is 4.90 Å². The number of phenols is 1. The molecule has 11 heteroatoms. The van der Waals surface area contributed by atoms with E-state index in [1.807, 2.05) is 20.2 Å². The van der Waals surface area contributed by atoms with Crippen molar-refractivity contribution in [2.75, 3.05) is 20.6 Å². The van der Waals surface area contributed by atoms with Gasteiger partial charge in [-0.2, -0.15) is 0 Å². The lowest BCUT2D eigenvalue weighted by Gasteiger charge is -2.01. The Hall–Kier alpha value is -3.08. The lowest BCUT2D eigenvalue weighted by Crippen LogP contribution is -2.09. The number of aromatic hydroxyl groups is 1. The monoisotopic (exact) mass is 314 g/mol. The first-order valence-electron chi connectivity index (χ1n) is 5.67. The van der Waals surface area contributed by atoms with Crippen LogP contribution in [0, 0.1) is 30.3 Å². The van der Waals surface area contributed by atoms with Crippen molar-refractivity contribution in [1.29, 1.82) is 0 Å². The van der Waals surface area contributed by atoms with Crippen LogP contribution in [-0.2, 0) is 0 Å². The third kappa shape index (κ3) is 5.50. The summed E-state index contributed by atoms with van der Waals surface area (Å²) in [7, 11) is 4.03. The zero-order valence-corrected chi connectivity index (χ0v) is 11.8. The topological polar surface area (TPSA) is 153 Å². The predicted octanol–water partition coefficient (Wildman–Crippen LogP) is 1.85. The van der Waals surface area contributed by atoms with Gasteiger partial charge in [0.05, 0.1) is 26.9 Å². The fourth-order valence-corrected chi connectivity index (χ4v) is 1.23. The Morgan fingerprint density at radius 2 is 1.50 bits per heavy atom. The molecule has 0 amide bonds. The first-order chi connectivity index (χ1) is 10.1. The number of nitro groups is 3. The first kappa shape index (κ1) is 18.9. The van der Waals surface area contributed by atoms with E-state index in [1.165, 1.54) is 0 Å². The second-order valence-electron chi connectivity index (χ2n) is 4.15. The molecule has 0 fully saturated rings. The number of rotatable bonds is 5. The predicted molar refractivity (Wildman–Crippen MR) is 76.8 cm³/mol. The maximum atomic E-state index is 10.4. The van der Waals surface area contributed by atoms with Gasteiger partial charge in [0.2, 0.25) is 0 Å². The highest BCUT2D eigenvalue weighted by molar-refractivity contribution is 5.64. The van der Waals surface area contributed by atoms with E-state index in [2.05, 4.69) is 11.5 Å². The summed E-state index contributed by atoms with van der Waals surface area (Å²) in [4.78, 5) is 29.8. The molecule has 0 aliphatic rings. The molecule has 1 aromatic carbocycles. The number of benzene rings is 1. The molecule has 0 atom stereocenters. The number of hydrogen-bond donors (Lipinski definition) is 1. The highest BCUT2D eigenvalue weighted by Crippen LogP contribution is 2.38. The second-order valence-corrected chi connectivity index (χ2v) is 4.15. The van der Waals surface area contributed by atoms with Crippen molar-refractivity contribution >= 4 is 17.1 Å². The van der Waals surface area contributed by atoms with E-state index >= 15 is 0 Å². The number of phenolic OH excluding ortho intramolecular Hbond substituents is 1. The highest BCUT2D eigenvalue weighted by Gasteiger charge is 2.30. The number of nitrogens with zero attached hydrogens (tertiary/aromatic N) is 4. The Bertz CT molecular complexity index is 565. The second kappa shape index (κ2) is 8.26. The lowest BCUT2D eigenvalue weighted by molar-refractivity contribution is -0.404. The molecule has 0 saturated carbocycles. The maximum absolute atomic E-state index is 10.4. The fourth-order valence-electron chi connectivity index (χ4n) is 1.23. The van der Waals surface area contributed by atoms with E-state index in [1.54, 1.807) is 0 Å². The van der Waals surface area contributed by atoms with Gasteiger partial charge in [-0.25, -0.2) is 0 Å². The summed E-state index contributed by atoms with van der Waals surface area (Å²) in [6.45, 7) is 4.53. The first-order valence-corrected chi connectivity index (χ1v) is 5.67. The largest absolute Gasteiger partial charge is 0.497 e. The molecule has 0 aliphatic carbocycles. The summed E-state index contributed by atoms with van der Waals surface area (Å²) in [5, 5.41) is 40.2. The van der Waals surface area contributed by atoms with Crippen LogP contribution in [0.15, 0.2) is 24.8 Å². The highest BCUT2D eigenvalue weighted by atomic mass is 16.6. The zero-order chi connectivity index (χ0) is 17.4. The minimum Gasteiger partial charge on any atom is -0.497 e. The van der Waals surface area contributed by atoms with Crippen LogP contribution in [0.25, 0.3) is 0 Å². The third-order valence-corrected chi connectivity index (χ3v) is 2.15. The molecule has 22 heavy (non-hydrogen) atoms. The molecule has 0 unspecified atom stereocenters. The van der Waals surface area contributed by atoms with Gasteiger partial charge < -0.3 is 10.0 Å². The standard InChI is InChI=1S/C6H3N3O7.C5H11N/c10-6-4(8(13)14)1-3(7(11)12)2-5(6)9(15)16;1-4-5-6(2)3/h1-2,10H;4H,1,5H2,2-3H3. The number of hydrogen-bond acceptors (Lipinski definition) is 8. The van der Waals surface area contributed by atoms with Crippen molar-refractivity contribution in [2.45, 2.75) is 0 Å². The smallest absolute Gasteiger partial charge is 0.324 e. The van der Waals surface area contributed by atoms with Gasteiger partial charge in [-0.05, 0) is 14.1 Å². The molecule has 1 N–H and O–H groups in total. The van der Waals surface area contributed by atoms with Crippen LogP contribution in [0.4, 0.5) is 17.1 Å². The van der Waals surface area contributed by atoms with Crippen LogP contribution >= 0.6 is 0 Å². The molecule has 0 heterocycles. The molecule has 0 saturated heterocycles. The van der Waals surface area contributed by atoms with E-state index in [-0.39, 0.29) is 0 Å². The molecule has 0 aliphatic heterocycles. The van der Waals surface area contributed by atoms with Gasteiger partial charge in [0.15, 0.2) is 0 Å². The van der Waals surface area contributed by atoms with Crippen LogP contribution < -0.4 is 0 Å². The van der Waals surface area contributed by atoms with E-state index in [9.17, 15) is 30.3 Å². The Kier molecular flexibility index (Phi) is 7.10. The summed E-state index contributed by atoms with van der Waals surface area (Å²) in [6, 6.07) is 0.894. The third-order valence-electron chi connectivity index (χ3n) is 2.15. The molecule has 1 aromatic rings. The Balaban J connectivity index is 0.000000626. The van der Waals surface area contributed by atoms with E-state index < -0.39 is 37.6 Å². The van der Waals surface area contributed by atoms with Gasteiger partial charge in [-0.15, -0.1) is 6.58 Å². The van der Waals surface area contributed by atoms with Crippen molar-refractivity contribution in [3.05, 3.63) is 55.1 Å². The van der Waals surface area contributed by atoms with Gasteiger partial charge in [0, 0.05) is 6.54 Å². The molecule has 11 nitrogen and oxygen atoms in total. The Morgan fingerprint density at radius 1 is 1.09 bits per heavy atom. The van der Waals surface area contributed by atoms with Crippen molar-refractivity contribution in [3.63, 3.8) is 0 Å². The molecule has 0 aromatic heterocycles. The number of non-ortho nitro benzene ring substituents is 1. The van der Waals surface area contributed by atoms with Crippen LogP contribution in [-0.4, -0.2) is 45.4 Å². The summed E-state index contributed by atoms with van der Waals surface area (Å²) >= 11 is 0. The minimum atomic E-state index is -1.21. The van der Waals surface area contributed by atoms with Crippen LogP contribution in [0.2, 0.25) is 0 Å². The zero-order valence-electron chi connectivity index (χ0n) is 11.8. The van der Waals surface area contributed by atoms with Gasteiger partial charge in [0.25, 0.3) is 11.4 Å². The van der Waals surface area contributed by atoms with Gasteiger partial charge in [0.1, 0.15) is 0 Å². The fraction of sp³-hybridized carbons (Fsp3) is 0.273. The molecule has 0 radical (unpaired) electrons. The van der Waals surface area contributed by atoms with Gasteiger partial charge in [-0.1, -0.05) is 6.08 Å². The molecule has 1 rings (SSSR count). The summed E-state index contributed by atoms with van der Waals surface area (Å²) in [6.07, 6.45) is 1.88. The average molecular weight is 314 g/mol. The van der Waals surface area contributed by atoms with Crippen molar-refractivity contribution in [2.24, 2.45) is 0 Å². The molecular weight excluding hydrogens is 300 g/mol. The maximum Gasteiger partial charge on any atom is 0.324 e. The van der Waals surface area contributed by atoms with Crippen LogP contribution in [0.1, 0.15) is 0 Å². The minimum absolute atomic E-state index is 0.447. The Morgan fingerprint density at radius 3 is 1.68 bits per heavy atom. The summed E-state index contributed by atoms with van der Waals surface area (Å²) in [5.41, 5.74) is -3.00. The molecular formula is C11H14N4O7. The Labute approximate surface area is 124 Å². The number of nitro benzene ring substituents is 3. The van der Waals surface area contributed by atoms with E-state index in [0.717, 1.165) is 6.54 Å². The SMILES string of the molecule is C=CCN(C)C.O=[N+]([O-])c1cc([N+](=O)[O-])c(O)c([N+](=O)[O-])c1. The normalized spacial score (nSPS) is 9.59. The van der Waals surface area contributed by atoms with Crippen LogP contribution in [0.3, 0.4) is 0 Å². The summed E-state index contributed by atoms with van der Waals surface area (Å²) in [5.74, 6) is -1.21. The summed E-state index contributed by atoms with van der Waals surface area (Å²) < 4.78 is 0. The average Bonchev–Trinajstić information content (AvgIpc) is 2.38. The van der Waals surface area contributed by atoms with Crippen LogP contribution in [0.5, 0.6) is 5.75 Å². The molecule has 0 spiro atoms. The lowest BCUT2D eigenvalue weighted by atomic mass is 10.2. The van der Waals surface area contributed by atoms with Gasteiger partial charge >= 0.3 is 11.4 Å². The molecule has 120 valence electrons. The van der Waals surface area contributed by atoms with Crippen molar-refractivity contribution in [3.8, 4) is 5.75 Å². The molecule has 0 bridgehead atoms.